The van der Waals surface area contributed by atoms with Gasteiger partial charge in [-0.25, -0.2) is 9.59 Å². The van der Waals surface area contributed by atoms with Crippen LogP contribution in [0, 0.1) is 16.7 Å². The van der Waals surface area contributed by atoms with Crippen molar-refractivity contribution >= 4 is 41.5 Å². The van der Waals surface area contributed by atoms with Gasteiger partial charge < -0.3 is 44.0 Å². The van der Waals surface area contributed by atoms with Crippen LogP contribution in [0.1, 0.15) is 86.7 Å². The Morgan fingerprint density at radius 3 is 1.96 bits per heavy atom. The number of benzene rings is 3. The van der Waals surface area contributed by atoms with Crippen molar-refractivity contribution in [1.29, 1.82) is 0 Å². The van der Waals surface area contributed by atoms with E-state index >= 15 is 4.79 Å². The number of ether oxygens (including phenoxy) is 6. The predicted molar refractivity (Wildman–Crippen MR) is 240 cm³/mol. The molecule has 11 atom stereocenters. The van der Waals surface area contributed by atoms with Crippen molar-refractivity contribution in [2.24, 2.45) is 16.7 Å². The number of ketones is 1. The Morgan fingerprint density at radius 1 is 0.824 bits per heavy atom. The van der Waals surface area contributed by atoms with Gasteiger partial charge in [-0.05, 0) is 68.9 Å². The third-order valence-electron chi connectivity index (χ3n) is 14.2. The van der Waals surface area contributed by atoms with E-state index in [9.17, 15) is 39.0 Å². The quantitative estimate of drug-likeness (QED) is 0.126. The highest BCUT2D eigenvalue weighted by molar-refractivity contribution is 5.96. The van der Waals surface area contributed by atoms with Gasteiger partial charge >= 0.3 is 29.8 Å². The lowest BCUT2D eigenvalue weighted by molar-refractivity contribution is -0.346. The molecule has 2 bridgehead atoms. The molecule has 3 fully saturated rings. The molecule has 17 heteroatoms. The molecule has 362 valence electrons. The van der Waals surface area contributed by atoms with Crippen LogP contribution >= 0.6 is 0 Å². The highest BCUT2D eigenvalue weighted by Crippen LogP contribution is 2.65. The average molecular weight is 939 g/mol. The summed E-state index contributed by atoms with van der Waals surface area (Å²) < 4.78 is 37.1. The summed E-state index contributed by atoms with van der Waals surface area (Å²) in [7, 11) is 3.28. The molecule has 0 unspecified atom stereocenters. The molecule has 3 aliphatic carbocycles. The summed E-state index contributed by atoms with van der Waals surface area (Å²) in [6, 6.07) is 22.9. The lowest BCUT2D eigenvalue weighted by Gasteiger charge is -2.67. The number of Topliss-reactive ketones (excluding diaryl/α,β-unsaturated/α-hetero) is 1. The van der Waals surface area contributed by atoms with E-state index in [1.54, 1.807) is 112 Å². The first-order valence-electron chi connectivity index (χ1n) is 22.4. The molecule has 3 N–H and O–H groups in total. The molecule has 3 aromatic carbocycles. The molecule has 2 saturated carbocycles. The molecule has 7 rings (SSSR count). The topological polar surface area (TPSA) is 231 Å². The number of carbonyl (C=O) groups is 7. The van der Waals surface area contributed by atoms with Crippen LogP contribution in [0.25, 0.3) is 0 Å². The fourth-order valence-electron chi connectivity index (χ4n) is 10.8. The number of likely N-dealkylation sites (N-methyl/N-ethyl adjacent to an activating group) is 1. The van der Waals surface area contributed by atoms with Gasteiger partial charge in [-0.15, -0.1) is 0 Å². The number of carbonyl (C=O) groups excluding carboxylic acids is 7. The molecule has 0 radical (unpaired) electrons. The maximum Gasteiger partial charge on any atom is 0.338 e. The zero-order chi connectivity index (χ0) is 49.5. The number of aliphatic hydroxyl groups is 2. The number of hydrogen-bond acceptors (Lipinski definition) is 16. The van der Waals surface area contributed by atoms with Crippen LogP contribution in [0.3, 0.4) is 0 Å². The summed E-state index contributed by atoms with van der Waals surface area (Å²) in [6.07, 6.45) is -10.6. The lowest BCUT2D eigenvalue weighted by Crippen LogP contribution is -2.82. The van der Waals surface area contributed by atoms with E-state index in [2.05, 4.69) is 5.32 Å². The van der Waals surface area contributed by atoms with E-state index in [0.717, 1.165) is 13.8 Å². The first-order chi connectivity index (χ1) is 32.1. The molecular formula is C51H58N2O15. The fourth-order valence-corrected chi connectivity index (χ4v) is 10.8. The predicted octanol–water partition coefficient (Wildman–Crippen LogP) is 3.85. The van der Waals surface area contributed by atoms with Crippen LogP contribution in [0.4, 0.5) is 0 Å². The highest BCUT2D eigenvalue weighted by Gasteiger charge is 2.79. The van der Waals surface area contributed by atoms with Gasteiger partial charge in [0.25, 0.3) is 5.91 Å². The summed E-state index contributed by atoms with van der Waals surface area (Å²) in [5.41, 5.74) is -7.31. The van der Waals surface area contributed by atoms with Crippen molar-refractivity contribution in [3.05, 3.63) is 119 Å². The normalized spacial score (nSPS) is 30.1. The maximum absolute atomic E-state index is 16.0. The van der Waals surface area contributed by atoms with Crippen LogP contribution in [0.15, 0.2) is 102 Å². The molecule has 68 heavy (non-hydrogen) atoms. The Hall–Kier alpha value is -6.27. The Labute approximate surface area is 394 Å². The molecule has 3 aromatic rings. The molecule has 4 aliphatic rings. The largest absolute Gasteiger partial charge is 0.460 e. The van der Waals surface area contributed by atoms with Crippen molar-refractivity contribution < 1.29 is 72.2 Å². The Balaban J connectivity index is 1.42. The van der Waals surface area contributed by atoms with Crippen LogP contribution < -0.4 is 5.32 Å². The zero-order valence-electron chi connectivity index (χ0n) is 39.3. The van der Waals surface area contributed by atoms with Crippen LogP contribution in [-0.2, 0) is 52.4 Å². The van der Waals surface area contributed by atoms with Crippen molar-refractivity contribution in [1.82, 2.24) is 10.2 Å². The molecule has 17 nitrogen and oxygen atoms in total. The monoisotopic (exact) mass is 938 g/mol. The Morgan fingerprint density at radius 2 is 1.41 bits per heavy atom. The number of rotatable bonds is 13. The molecule has 1 heterocycles. The first-order valence-corrected chi connectivity index (χ1v) is 22.4. The van der Waals surface area contributed by atoms with Gasteiger partial charge in [0.2, 0.25) is 0 Å². The smallest absolute Gasteiger partial charge is 0.338 e. The van der Waals surface area contributed by atoms with Crippen molar-refractivity contribution in [3.8, 4) is 0 Å². The van der Waals surface area contributed by atoms with E-state index in [0.29, 0.717) is 5.56 Å². The molecular weight excluding hydrogens is 881 g/mol. The minimum Gasteiger partial charge on any atom is -0.460 e. The number of amides is 1. The number of fused-ring (bicyclic) bond motifs is 5. The second kappa shape index (κ2) is 19.0. The van der Waals surface area contributed by atoms with E-state index in [-0.39, 0.29) is 41.8 Å². The minimum absolute atomic E-state index is 0.0250. The second-order valence-corrected chi connectivity index (χ2v) is 19.1. The third-order valence-corrected chi connectivity index (χ3v) is 14.2. The van der Waals surface area contributed by atoms with Crippen molar-refractivity contribution in [3.63, 3.8) is 0 Å². The summed E-state index contributed by atoms with van der Waals surface area (Å²) in [4.78, 5) is 100. The van der Waals surface area contributed by atoms with Crippen LogP contribution in [0.2, 0.25) is 0 Å². The maximum atomic E-state index is 16.0. The van der Waals surface area contributed by atoms with Crippen molar-refractivity contribution in [2.45, 2.75) is 108 Å². The standard InChI is InChI=1S/C51H58N2O15/c1-28-34(65-47(61)40(57)39(31-18-12-9-13-19-31)52-45(59)32-20-14-10-15-21-32)25-51(62)44(67-46(60)33-22-16-11-17-23-33)42-49(6,43(58)41(64-29(2)54)38(28)48(51,4)5)35(66-37(56)26-53(7)8)24-36-50(42,27-63-36)68-30(3)55/h9-23,34-36,39-42,44,57,62H,24-27H2,1-8H3,(H,52,59)/t34-,35-,36+,39-,40+,41+,42-,44-,49+,50-,51+/m0/s1. The summed E-state index contributed by atoms with van der Waals surface area (Å²) in [5, 5.41) is 28.6. The molecule has 0 aromatic heterocycles. The van der Waals surface area contributed by atoms with Gasteiger partial charge in [-0.1, -0.05) is 80.6 Å². The van der Waals surface area contributed by atoms with Crippen LogP contribution in [0.5, 0.6) is 0 Å². The molecule has 1 saturated heterocycles. The first kappa shape index (κ1) is 49.6. The average Bonchev–Trinajstić information content (AvgIpc) is 3.28. The third kappa shape index (κ3) is 8.83. The Bertz CT molecular complexity index is 2480. The van der Waals surface area contributed by atoms with E-state index in [4.69, 9.17) is 28.4 Å². The number of nitrogens with one attached hydrogen (secondary N) is 1. The number of esters is 5. The highest BCUT2D eigenvalue weighted by atomic mass is 16.6. The van der Waals surface area contributed by atoms with Gasteiger partial charge in [0, 0.05) is 37.7 Å². The zero-order valence-corrected chi connectivity index (χ0v) is 39.3. The summed E-state index contributed by atoms with van der Waals surface area (Å²) in [6.45, 7) is 7.76. The lowest BCUT2D eigenvalue weighted by atomic mass is 9.44. The second-order valence-electron chi connectivity index (χ2n) is 19.1. The Kier molecular flexibility index (Phi) is 13.9. The molecule has 0 spiro atoms. The van der Waals surface area contributed by atoms with Crippen LogP contribution in [-0.4, -0.2) is 132 Å². The molecule has 1 aliphatic heterocycles. The van der Waals surface area contributed by atoms with Crippen molar-refractivity contribution in [2.75, 3.05) is 27.2 Å². The minimum atomic E-state index is -2.45. The van der Waals surface area contributed by atoms with Gasteiger partial charge in [0.1, 0.15) is 30.0 Å². The number of hydrogen-bond donors (Lipinski definition) is 3. The molecule has 1 amide bonds. The van der Waals surface area contributed by atoms with Gasteiger partial charge in [-0.3, -0.25) is 28.9 Å². The number of nitrogens with zero attached hydrogens (tertiary/aromatic N) is 1. The van der Waals surface area contributed by atoms with Gasteiger partial charge in [0.15, 0.2) is 23.6 Å². The summed E-state index contributed by atoms with van der Waals surface area (Å²) in [5.74, 6) is -7.74. The SMILES string of the molecule is CC(=O)O[C@H]1C(=O)[C@]2(C)[C@@H](OC(=O)CN(C)C)C[C@H]3OC[C@@]3(OC(C)=O)[C@H]2[C@H](OC(=O)c2ccccc2)[C@]2(O)C[C@H](OC(=O)[C@H](O)[C@@H](NC(=O)c3ccccc3)c3ccccc3)C(C)=C1C2(C)C. The van der Waals surface area contributed by atoms with E-state index in [1.165, 1.54) is 26.0 Å². The van der Waals surface area contributed by atoms with E-state index < -0.39 is 119 Å². The van der Waals surface area contributed by atoms with Gasteiger partial charge in [0.05, 0.1) is 36.1 Å². The summed E-state index contributed by atoms with van der Waals surface area (Å²) >= 11 is 0. The number of aliphatic hydroxyl groups excluding tert-OH is 1. The van der Waals surface area contributed by atoms with E-state index in [1.807, 2.05) is 0 Å². The fraction of sp³-hybridized carbons (Fsp3) is 0.471. The van der Waals surface area contributed by atoms with Gasteiger partial charge in [-0.2, -0.15) is 0 Å².